The standard InChI is InChI=1S/C23H26FN3O4/c1-14-4-3-5-16-11-29-12-17(8-14)20(16)31-23-21(28-2)22(26-13-27-23)30-19-7-6-15(10-25)9-18(19)24/h6-7,9,13-14,16-17,20H,3-5,8,11-12H2,1-2H3. The molecule has 2 aromatic rings. The van der Waals surface area contributed by atoms with Gasteiger partial charge in [-0.15, -0.1) is 0 Å². The highest BCUT2D eigenvalue weighted by Crippen LogP contribution is 2.41. The van der Waals surface area contributed by atoms with Crippen molar-refractivity contribution in [3.05, 3.63) is 35.9 Å². The van der Waals surface area contributed by atoms with Crippen molar-refractivity contribution in [1.82, 2.24) is 9.97 Å². The second kappa shape index (κ2) is 9.48. The summed E-state index contributed by atoms with van der Waals surface area (Å²) in [5, 5.41) is 8.92. The fraction of sp³-hybridized carbons (Fsp3) is 0.522. The van der Waals surface area contributed by atoms with Crippen LogP contribution in [0.2, 0.25) is 0 Å². The summed E-state index contributed by atoms with van der Waals surface area (Å²) in [7, 11) is 1.47. The first-order chi connectivity index (χ1) is 15.1. The van der Waals surface area contributed by atoms with Crippen LogP contribution >= 0.6 is 0 Å². The van der Waals surface area contributed by atoms with Gasteiger partial charge in [-0.2, -0.15) is 15.2 Å². The summed E-state index contributed by atoms with van der Waals surface area (Å²) >= 11 is 0. The molecule has 2 heterocycles. The lowest BCUT2D eigenvalue weighted by Gasteiger charge is -2.40. The Morgan fingerprint density at radius 2 is 1.97 bits per heavy atom. The van der Waals surface area contributed by atoms with E-state index in [0.29, 0.717) is 19.1 Å². The van der Waals surface area contributed by atoms with Crippen molar-refractivity contribution in [2.24, 2.45) is 17.8 Å². The minimum atomic E-state index is -0.664. The molecule has 4 unspecified atom stereocenters. The third kappa shape index (κ3) is 4.72. The van der Waals surface area contributed by atoms with E-state index < -0.39 is 5.82 Å². The number of methoxy groups -OCH3 is 1. The summed E-state index contributed by atoms with van der Waals surface area (Å²) in [6.07, 6.45) is 5.72. The van der Waals surface area contributed by atoms with Crippen molar-refractivity contribution in [2.75, 3.05) is 20.3 Å². The van der Waals surface area contributed by atoms with E-state index in [-0.39, 0.29) is 46.8 Å². The van der Waals surface area contributed by atoms with E-state index in [2.05, 4.69) is 16.9 Å². The minimum absolute atomic E-state index is 0.0419. The highest BCUT2D eigenvalue weighted by atomic mass is 19.1. The van der Waals surface area contributed by atoms with E-state index in [9.17, 15) is 4.39 Å². The molecule has 4 atom stereocenters. The van der Waals surface area contributed by atoms with E-state index >= 15 is 0 Å². The largest absolute Gasteiger partial charge is 0.487 e. The molecular formula is C23H26FN3O4. The minimum Gasteiger partial charge on any atom is -0.487 e. The van der Waals surface area contributed by atoms with E-state index in [1.165, 1.54) is 32.0 Å². The molecule has 2 aliphatic rings. The molecular weight excluding hydrogens is 401 g/mol. The van der Waals surface area contributed by atoms with Gasteiger partial charge in [0, 0.05) is 11.8 Å². The maximum Gasteiger partial charge on any atom is 0.270 e. The maximum atomic E-state index is 14.3. The molecule has 31 heavy (non-hydrogen) atoms. The Bertz CT molecular complexity index is 964. The molecule has 1 aliphatic carbocycles. The molecule has 8 heteroatoms. The molecule has 1 saturated carbocycles. The first-order valence-electron chi connectivity index (χ1n) is 10.6. The summed E-state index contributed by atoms with van der Waals surface area (Å²) in [6, 6.07) is 5.86. The lowest BCUT2D eigenvalue weighted by molar-refractivity contribution is -0.0844. The van der Waals surface area contributed by atoms with Crippen LogP contribution in [0.1, 0.15) is 38.2 Å². The summed E-state index contributed by atoms with van der Waals surface area (Å²) in [5.74, 6) is 0.980. The van der Waals surface area contributed by atoms with E-state index in [1.807, 2.05) is 6.07 Å². The van der Waals surface area contributed by atoms with Gasteiger partial charge in [-0.05, 0) is 37.0 Å². The van der Waals surface area contributed by atoms with Gasteiger partial charge in [-0.3, -0.25) is 0 Å². The Hall–Kier alpha value is -2.92. The third-order valence-electron chi connectivity index (χ3n) is 6.03. The molecule has 1 aliphatic heterocycles. The molecule has 0 amide bonds. The fourth-order valence-electron chi connectivity index (χ4n) is 4.51. The van der Waals surface area contributed by atoms with Gasteiger partial charge < -0.3 is 18.9 Å². The van der Waals surface area contributed by atoms with Gasteiger partial charge in [0.25, 0.3) is 11.8 Å². The molecule has 7 nitrogen and oxygen atoms in total. The Labute approximate surface area is 181 Å². The number of fused-ring (bicyclic) bond motifs is 2. The summed E-state index contributed by atoms with van der Waals surface area (Å²) in [4.78, 5) is 8.39. The SMILES string of the molecule is COc1c(Oc2ccc(C#N)cc2F)ncnc1OC1C2CCCC(C)CC1COC2. The Kier molecular flexibility index (Phi) is 6.52. The fourth-order valence-corrected chi connectivity index (χ4v) is 4.51. The zero-order chi connectivity index (χ0) is 21.8. The number of hydrogen-bond donors (Lipinski definition) is 0. The van der Waals surface area contributed by atoms with Crippen LogP contribution in [-0.2, 0) is 4.74 Å². The Morgan fingerprint density at radius 1 is 1.16 bits per heavy atom. The number of nitriles is 1. The second-order valence-electron chi connectivity index (χ2n) is 8.29. The highest BCUT2D eigenvalue weighted by molar-refractivity contribution is 5.45. The van der Waals surface area contributed by atoms with E-state index in [0.717, 1.165) is 25.3 Å². The van der Waals surface area contributed by atoms with Gasteiger partial charge in [0.15, 0.2) is 11.6 Å². The number of benzene rings is 1. The molecule has 1 aromatic heterocycles. The van der Waals surface area contributed by atoms with E-state index in [4.69, 9.17) is 24.2 Å². The topological polar surface area (TPSA) is 86.5 Å². The number of aromatic nitrogens is 2. The summed E-state index contributed by atoms with van der Waals surface area (Å²) in [5.41, 5.74) is 0.204. The third-order valence-corrected chi connectivity index (χ3v) is 6.03. The molecule has 0 spiro atoms. The number of nitrogens with zero attached hydrogens (tertiary/aromatic N) is 3. The van der Waals surface area contributed by atoms with Crippen LogP contribution in [0.25, 0.3) is 0 Å². The average molecular weight is 427 g/mol. The first kappa shape index (κ1) is 21.3. The van der Waals surface area contributed by atoms with Gasteiger partial charge in [0.2, 0.25) is 5.75 Å². The Morgan fingerprint density at radius 3 is 2.74 bits per heavy atom. The molecule has 4 rings (SSSR count). The lowest BCUT2D eigenvalue weighted by atomic mass is 9.77. The molecule has 0 N–H and O–H groups in total. The van der Waals surface area contributed by atoms with Crippen LogP contribution in [-0.4, -0.2) is 36.4 Å². The highest BCUT2D eigenvalue weighted by Gasteiger charge is 2.39. The van der Waals surface area contributed by atoms with Crippen LogP contribution in [0, 0.1) is 34.9 Å². The normalized spacial score (nSPS) is 25.6. The monoisotopic (exact) mass is 427 g/mol. The zero-order valence-electron chi connectivity index (χ0n) is 17.7. The van der Waals surface area contributed by atoms with Gasteiger partial charge in [0.1, 0.15) is 12.4 Å². The molecule has 164 valence electrons. The van der Waals surface area contributed by atoms with Crippen LogP contribution in [0.15, 0.2) is 24.5 Å². The maximum absolute atomic E-state index is 14.3. The summed E-state index contributed by atoms with van der Waals surface area (Å²) < 4.78 is 37.7. The van der Waals surface area contributed by atoms with Crippen molar-refractivity contribution < 1.29 is 23.3 Å². The zero-order valence-corrected chi connectivity index (χ0v) is 17.7. The van der Waals surface area contributed by atoms with Crippen LogP contribution in [0.4, 0.5) is 4.39 Å². The van der Waals surface area contributed by atoms with Gasteiger partial charge >= 0.3 is 0 Å². The van der Waals surface area contributed by atoms with Crippen LogP contribution in [0.3, 0.4) is 0 Å². The lowest BCUT2D eigenvalue weighted by Crippen LogP contribution is -2.45. The van der Waals surface area contributed by atoms with Crippen molar-refractivity contribution in [2.45, 2.75) is 38.7 Å². The van der Waals surface area contributed by atoms with E-state index in [1.54, 1.807) is 0 Å². The van der Waals surface area contributed by atoms with Crippen molar-refractivity contribution >= 4 is 0 Å². The number of hydrogen-bond acceptors (Lipinski definition) is 7. The van der Waals surface area contributed by atoms with Gasteiger partial charge in [-0.25, -0.2) is 4.39 Å². The number of ether oxygens (including phenoxy) is 4. The molecule has 1 saturated heterocycles. The van der Waals surface area contributed by atoms with Crippen molar-refractivity contribution in [3.63, 3.8) is 0 Å². The average Bonchev–Trinajstić information content (AvgIpc) is 2.77. The second-order valence-corrected chi connectivity index (χ2v) is 8.29. The molecule has 1 aromatic carbocycles. The van der Waals surface area contributed by atoms with Gasteiger partial charge in [0.05, 0.1) is 32.0 Å². The molecule has 2 fully saturated rings. The Balaban J connectivity index is 1.60. The number of halogens is 1. The predicted octanol–water partition coefficient (Wildman–Crippen LogP) is 4.51. The van der Waals surface area contributed by atoms with Crippen LogP contribution in [0.5, 0.6) is 23.3 Å². The summed E-state index contributed by atoms with van der Waals surface area (Å²) in [6.45, 7) is 3.61. The smallest absolute Gasteiger partial charge is 0.270 e. The quantitative estimate of drug-likeness (QED) is 0.694. The molecule has 0 radical (unpaired) electrons. The first-order valence-corrected chi connectivity index (χ1v) is 10.6. The van der Waals surface area contributed by atoms with Gasteiger partial charge in [-0.1, -0.05) is 19.8 Å². The van der Waals surface area contributed by atoms with Crippen LogP contribution < -0.4 is 14.2 Å². The molecule has 2 bridgehead atoms. The predicted molar refractivity (Wildman–Crippen MR) is 110 cm³/mol. The van der Waals surface area contributed by atoms with Crippen molar-refractivity contribution in [1.29, 1.82) is 5.26 Å². The van der Waals surface area contributed by atoms with Crippen molar-refractivity contribution in [3.8, 4) is 29.3 Å². The number of rotatable bonds is 5.